The minimum atomic E-state index is -3.91. The summed E-state index contributed by atoms with van der Waals surface area (Å²) >= 11 is 0. The number of para-hydroxylation sites is 2. The van der Waals surface area contributed by atoms with Crippen molar-refractivity contribution >= 4 is 21.1 Å². The number of nitrogens with one attached hydrogen (secondary N) is 1. The number of sulfonamides is 1. The molecule has 2 aromatic carbocycles. The average Bonchev–Trinajstić information content (AvgIpc) is 3.21. The highest BCUT2D eigenvalue weighted by atomic mass is 32.2. The van der Waals surface area contributed by atoms with Crippen molar-refractivity contribution in [3.63, 3.8) is 0 Å². The molecule has 1 aromatic heterocycles. The number of imidazole rings is 1. The largest absolute Gasteiger partial charge is 0.341 e. The lowest BCUT2D eigenvalue weighted by molar-refractivity contribution is 0.383. The molecular weight excluding hydrogens is 329 g/mol. The van der Waals surface area contributed by atoms with Gasteiger partial charge < -0.3 is 4.98 Å². The van der Waals surface area contributed by atoms with Crippen LogP contribution in [0.25, 0.3) is 11.0 Å². The van der Waals surface area contributed by atoms with Crippen LogP contribution < -0.4 is 0 Å². The fraction of sp³-hybridized carbons (Fsp3) is 0.235. The Hall–Kier alpha value is -2.25. The smallest absolute Gasteiger partial charge is 0.246 e. The number of nitrogens with zero attached hydrogens (tertiary/aromatic N) is 2. The van der Waals surface area contributed by atoms with Gasteiger partial charge in [0.25, 0.3) is 0 Å². The van der Waals surface area contributed by atoms with Crippen LogP contribution in [0.15, 0.2) is 53.4 Å². The summed E-state index contributed by atoms with van der Waals surface area (Å²) < 4.78 is 41.2. The van der Waals surface area contributed by atoms with Crippen LogP contribution in [-0.4, -0.2) is 29.2 Å². The Morgan fingerprint density at radius 3 is 2.67 bits per heavy atom. The Morgan fingerprint density at radius 1 is 1.12 bits per heavy atom. The van der Waals surface area contributed by atoms with Crippen LogP contribution in [0.3, 0.4) is 0 Å². The molecule has 1 saturated heterocycles. The van der Waals surface area contributed by atoms with E-state index in [1.54, 1.807) is 0 Å². The van der Waals surface area contributed by atoms with Gasteiger partial charge in [0.15, 0.2) is 0 Å². The molecule has 1 aliphatic rings. The Morgan fingerprint density at radius 2 is 1.88 bits per heavy atom. The maximum atomic E-state index is 14.0. The highest BCUT2D eigenvalue weighted by molar-refractivity contribution is 7.89. The highest BCUT2D eigenvalue weighted by Gasteiger charge is 2.38. The van der Waals surface area contributed by atoms with Gasteiger partial charge in [-0.2, -0.15) is 4.31 Å². The molecule has 0 spiro atoms. The molecule has 24 heavy (non-hydrogen) atoms. The van der Waals surface area contributed by atoms with Gasteiger partial charge in [-0.05, 0) is 37.1 Å². The van der Waals surface area contributed by atoms with Gasteiger partial charge >= 0.3 is 0 Å². The molecule has 124 valence electrons. The van der Waals surface area contributed by atoms with E-state index in [9.17, 15) is 12.8 Å². The van der Waals surface area contributed by atoms with E-state index in [0.29, 0.717) is 18.8 Å². The van der Waals surface area contributed by atoms with Crippen LogP contribution in [-0.2, 0) is 10.0 Å². The number of H-pyrrole nitrogens is 1. The van der Waals surface area contributed by atoms with Crippen LogP contribution in [0.2, 0.25) is 0 Å². The van der Waals surface area contributed by atoms with Crippen molar-refractivity contribution in [3.8, 4) is 0 Å². The molecule has 0 bridgehead atoms. The molecular formula is C17H16FN3O2S. The van der Waals surface area contributed by atoms with E-state index in [1.165, 1.54) is 28.6 Å². The minimum absolute atomic E-state index is 0.284. The molecule has 1 fully saturated rings. The summed E-state index contributed by atoms with van der Waals surface area (Å²) in [5, 5.41) is 0. The van der Waals surface area contributed by atoms with E-state index in [2.05, 4.69) is 9.97 Å². The zero-order valence-electron chi connectivity index (χ0n) is 12.8. The zero-order chi connectivity index (χ0) is 16.7. The predicted octanol–water partition coefficient (Wildman–Crippen LogP) is 3.23. The second-order valence-corrected chi connectivity index (χ2v) is 7.70. The lowest BCUT2D eigenvalue weighted by atomic mass is 10.2. The van der Waals surface area contributed by atoms with Crippen molar-refractivity contribution in [2.24, 2.45) is 0 Å². The summed E-state index contributed by atoms with van der Waals surface area (Å²) in [6.45, 7) is 0.360. The Bertz CT molecular complexity index is 967. The maximum Gasteiger partial charge on any atom is 0.246 e. The number of halogens is 1. The summed E-state index contributed by atoms with van der Waals surface area (Å²) in [7, 11) is -3.91. The topological polar surface area (TPSA) is 66.1 Å². The third-order valence-corrected chi connectivity index (χ3v) is 6.29. The Labute approximate surface area is 139 Å². The second-order valence-electron chi connectivity index (χ2n) is 5.84. The number of rotatable bonds is 3. The van der Waals surface area contributed by atoms with E-state index in [1.807, 2.05) is 24.3 Å². The summed E-state index contributed by atoms with van der Waals surface area (Å²) in [6, 6.07) is 12.6. The van der Waals surface area contributed by atoms with Gasteiger partial charge in [-0.1, -0.05) is 24.3 Å². The number of hydrogen-bond donors (Lipinski definition) is 1. The Balaban J connectivity index is 1.76. The van der Waals surface area contributed by atoms with Crippen molar-refractivity contribution in [1.29, 1.82) is 0 Å². The van der Waals surface area contributed by atoms with Gasteiger partial charge in [0, 0.05) is 6.54 Å². The van der Waals surface area contributed by atoms with E-state index in [4.69, 9.17) is 0 Å². The quantitative estimate of drug-likeness (QED) is 0.792. The summed E-state index contributed by atoms with van der Waals surface area (Å²) in [6.07, 6.45) is 1.38. The van der Waals surface area contributed by atoms with Crippen LogP contribution >= 0.6 is 0 Å². The number of aromatic nitrogens is 2. The van der Waals surface area contributed by atoms with Gasteiger partial charge in [-0.25, -0.2) is 17.8 Å². The normalized spacial score (nSPS) is 19.1. The van der Waals surface area contributed by atoms with Crippen LogP contribution in [0.1, 0.15) is 24.7 Å². The maximum absolute atomic E-state index is 14.0. The molecule has 0 unspecified atom stereocenters. The summed E-state index contributed by atoms with van der Waals surface area (Å²) in [5.41, 5.74) is 1.66. The molecule has 0 amide bonds. The zero-order valence-corrected chi connectivity index (χ0v) is 13.6. The van der Waals surface area contributed by atoms with Gasteiger partial charge in [-0.15, -0.1) is 0 Å². The number of fused-ring (bicyclic) bond motifs is 1. The molecule has 1 aliphatic heterocycles. The van der Waals surface area contributed by atoms with Crippen molar-refractivity contribution in [3.05, 3.63) is 60.2 Å². The van der Waals surface area contributed by atoms with Crippen LogP contribution in [0, 0.1) is 5.82 Å². The van der Waals surface area contributed by atoms with E-state index >= 15 is 0 Å². The lowest BCUT2D eigenvalue weighted by Gasteiger charge is -2.22. The first-order valence-electron chi connectivity index (χ1n) is 7.78. The first kappa shape index (κ1) is 15.3. The van der Waals surface area contributed by atoms with Gasteiger partial charge in [-0.3, -0.25) is 0 Å². The average molecular weight is 345 g/mol. The van der Waals surface area contributed by atoms with Gasteiger partial charge in [0.2, 0.25) is 10.0 Å². The van der Waals surface area contributed by atoms with Gasteiger partial charge in [0.1, 0.15) is 16.5 Å². The number of aromatic amines is 1. The summed E-state index contributed by atoms with van der Waals surface area (Å²) in [5.74, 6) is -0.124. The molecule has 5 nitrogen and oxygen atoms in total. The Kier molecular flexibility index (Phi) is 3.62. The van der Waals surface area contributed by atoms with Crippen molar-refractivity contribution in [2.75, 3.05) is 6.54 Å². The standard InChI is InChI=1S/C17H16FN3O2S/c18-12-6-1-4-10-16(12)24(22,23)21-11-5-9-15(21)17-19-13-7-2-3-8-14(13)20-17/h1-4,6-8,10,15H,5,9,11H2,(H,19,20)/t15-/m0/s1. The summed E-state index contributed by atoms with van der Waals surface area (Å²) in [4.78, 5) is 7.43. The monoisotopic (exact) mass is 345 g/mol. The van der Waals surface area contributed by atoms with Crippen molar-refractivity contribution in [2.45, 2.75) is 23.8 Å². The molecule has 0 saturated carbocycles. The second kappa shape index (κ2) is 5.68. The fourth-order valence-electron chi connectivity index (χ4n) is 3.21. The van der Waals surface area contributed by atoms with Crippen LogP contribution in [0.4, 0.5) is 4.39 Å². The first-order valence-corrected chi connectivity index (χ1v) is 9.22. The number of hydrogen-bond acceptors (Lipinski definition) is 3. The molecule has 0 aliphatic carbocycles. The molecule has 1 atom stereocenters. The van der Waals surface area contributed by atoms with Crippen LogP contribution in [0.5, 0.6) is 0 Å². The molecule has 7 heteroatoms. The number of benzene rings is 2. The molecule has 1 N–H and O–H groups in total. The highest BCUT2D eigenvalue weighted by Crippen LogP contribution is 2.36. The third kappa shape index (κ3) is 2.40. The van der Waals surface area contributed by atoms with E-state index in [-0.39, 0.29) is 4.90 Å². The van der Waals surface area contributed by atoms with Gasteiger partial charge in [0.05, 0.1) is 17.1 Å². The fourth-order valence-corrected chi connectivity index (χ4v) is 4.94. The minimum Gasteiger partial charge on any atom is -0.341 e. The van der Waals surface area contributed by atoms with Crippen molar-refractivity contribution < 1.29 is 12.8 Å². The first-order chi connectivity index (χ1) is 11.6. The van der Waals surface area contributed by atoms with E-state index in [0.717, 1.165) is 17.5 Å². The molecule has 4 rings (SSSR count). The van der Waals surface area contributed by atoms with Crippen molar-refractivity contribution in [1.82, 2.24) is 14.3 Å². The molecule has 2 heterocycles. The lowest BCUT2D eigenvalue weighted by Crippen LogP contribution is -2.31. The van der Waals surface area contributed by atoms with E-state index < -0.39 is 21.9 Å². The third-order valence-electron chi connectivity index (χ3n) is 4.35. The molecule has 3 aromatic rings. The predicted molar refractivity (Wildman–Crippen MR) is 88.4 cm³/mol. The SMILES string of the molecule is O=S(=O)(c1ccccc1F)N1CCC[C@H]1c1nc2ccccc2[nH]1. The molecule has 0 radical (unpaired) electrons.